The van der Waals surface area contributed by atoms with E-state index in [-0.39, 0.29) is 12.1 Å². The maximum absolute atomic E-state index is 11.7. The van der Waals surface area contributed by atoms with Crippen LogP contribution in [0, 0.1) is 0 Å². The topological polar surface area (TPSA) is 44.8 Å². The highest BCUT2D eigenvalue weighted by Crippen LogP contribution is 2.40. The molecular weight excluding hydrogens is 392 g/mol. The molecule has 0 radical (unpaired) electrons. The molecule has 1 aliphatic heterocycles. The van der Waals surface area contributed by atoms with Crippen LogP contribution < -0.4 is 0 Å². The molecule has 2 aromatic carbocycles. The van der Waals surface area contributed by atoms with Crippen LogP contribution in [-0.4, -0.2) is 30.7 Å². The molecule has 0 saturated carbocycles. The molecule has 1 heterocycles. The number of carbonyl (C=O) groups excluding carboxylic acids is 1. The predicted molar refractivity (Wildman–Crippen MR) is 113 cm³/mol. The molecule has 0 fully saturated rings. The molecule has 2 aromatic rings. The van der Waals surface area contributed by atoms with E-state index in [0.29, 0.717) is 18.8 Å². The highest BCUT2D eigenvalue weighted by atomic mass is 32.2. The zero-order valence-corrected chi connectivity index (χ0v) is 17.6. The Labute approximate surface area is 174 Å². The van der Waals surface area contributed by atoms with Crippen molar-refractivity contribution in [3.05, 3.63) is 71.3 Å². The first-order chi connectivity index (χ1) is 13.7. The van der Waals surface area contributed by atoms with Crippen molar-refractivity contribution < 1.29 is 19.0 Å². The van der Waals surface area contributed by atoms with Gasteiger partial charge >= 0.3 is 5.97 Å². The van der Waals surface area contributed by atoms with Crippen molar-refractivity contribution in [2.45, 2.75) is 42.5 Å². The van der Waals surface area contributed by atoms with Crippen LogP contribution in [0.5, 0.6) is 0 Å². The minimum atomic E-state index is -0.416. The van der Waals surface area contributed by atoms with Crippen LogP contribution in [0.15, 0.2) is 81.1 Å². The van der Waals surface area contributed by atoms with Gasteiger partial charge in [-0.05, 0) is 31.2 Å². The number of benzene rings is 2. The Morgan fingerprint density at radius 3 is 2.32 bits per heavy atom. The van der Waals surface area contributed by atoms with Crippen LogP contribution in [0.25, 0.3) is 0 Å². The smallest absolute Gasteiger partial charge is 0.303 e. The van der Waals surface area contributed by atoms with E-state index in [4.69, 9.17) is 14.2 Å². The maximum atomic E-state index is 11.7. The molecule has 0 N–H and O–H groups in total. The van der Waals surface area contributed by atoms with Gasteiger partial charge in [-0.1, -0.05) is 48.2 Å². The van der Waals surface area contributed by atoms with Crippen molar-refractivity contribution in [2.24, 2.45) is 0 Å². The Morgan fingerprint density at radius 2 is 1.71 bits per heavy atom. The summed E-state index contributed by atoms with van der Waals surface area (Å²) < 4.78 is 17.5. The number of carbonyl (C=O) groups is 1. The Hall–Kier alpha value is -1.89. The summed E-state index contributed by atoms with van der Waals surface area (Å²) in [6.07, 6.45) is -0.303. The molecule has 148 valence electrons. The molecule has 0 aromatic heterocycles. The molecule has 0 saturated heterocycles. The van der Waals surface area contributed by atoms with Crippen LogP contribution in [0.4, 0.5) is 0 Å². The lowest BCUT2D eigenvalue weighted by Crippen LogP contribution is -2.33. The molecule has 0 bridgehead atoms. The van der Waals surface area contributed by atoms with E-state index in [2.05, 4.69) is 12.1 Å². The number of rotatable bonds is 8. The van der Waals surface area contributed by atoms with Gasteiger partial charge in [-0.25, -0.2) is 0 Å². The van der Waals surface area contributed by atoms with E-state index in [1.165, 1.54) is 6.92 Å². The van der Waals surface area contributed by atoms with Crippen LogP contribution in [0.2, 0.25) is 0 Å². The molecule has 3 rings (SSSR count). The fraction of sp³-hybridized carbons (Fsp3) is 0.318. The van der Waals surface area contributed by atoms with Gasteiger partial charge < -0.3 is 14.2 Å². The summed E-state index contributed by atoms with van der Waals surface area (Å²) in [5.41, 5.74) is 0. The minimum Gasteiger partial charge on any atom is -0.467 e. The van der Waals surface area contributed by atoms with Crippen molar-refractivity contribution in [2.75, 3.05) is 12.4 Å². The largest absolute Gasteiger partial charge is 0.467 e. The highest BCUT2D eigenvalue weighted by Gasteiger charge is 2.34. The average Bonchev–Trinajstić information content (AvgIpc) is 2.70. The van der Waals surface area contributed by atoms with E-state index in [1.807, 2.05) is 55.5 Å². The van der Waals surface area contributed by atoms with Crippen LogP contribution in [0.3, 0.4) is 0 Å². The lowest BCUT2D eigenvalue weighted by atomic mass is 10.1. The fourth-order valence-corrected chi connectivity index (χ4v) is 4.84. The standard InChI is InChI=1S/C22H24O4S2/c1-3-24-21-14-19(25-16(2)23)22(28-18-12-8-5-9-13-18)20(26-21)15-27-17-10-6-4-7-11-17/h4-13,19,21H,3,14-15H2,1-2H3. The Bertz CT molecular complexity index is 793. The SMILES string of the molecule is CCOC1CC(OC(C)=O)C(Sc2ccccc2)=C(CSc2ccccc2)O1. The van der Waals surface area contributed by atoms with E-state index in [1.54, 1.807) is 23.5 Å². The van der Waals surface area contributed by atoms with Gasteiger partial charge in [0.2, 0.25) is 6.29 Å². The second kappa shape index (κ2) is 10.6. The first-order valence-corrected chi connectivity index (χ1v) is 11.0. The molecule has 28 heavy (non-hydrogen) atoms. The third-order valence-electron chi connectivity index (χ3n) is 3.99. The number of esters is 1. The fourth-order valence-electron chi connectivity index (χ4n) is 2.83. The second-order valence-corrected chi connectivity index (χ2v) is 8.30. The van der Waals surface area contributed by atoms with Gasteiger partial charge in [-0.3, -0.25) is 4.79 Å². The minimum absolute atomic E-state index is 0.302. The van der Waals surface area contributed by atoms with Gasteiger partial charge in [-0.15, -0.1) is 11.8 Å². The molecule has 0 spiro atoms. The van der Waals surface area contributed by atoms with E-state index in [9.17, 15) is 4.79 Å². The number of hydrogen-bond acceptors (Lipinski definition) is 6. The van der Waals surface area contributed by atoms with Crippen molar-refractivity contribution in [3.63, 3.8) is 0 Å². The molecule has 4 nitrogen and oxygen atoms in total. The Morgan fingerprint density at radius 1 is 1.07 bits per heavy atom. The maximum Gasteiger partial charge on any atom is 0.303 e. The summed E-state index contributed by atoms with van der Waals surface area (Å²) in [4.78, 5) is 14.9. The summed E-state index contributed by atoms with van der Waals surface area (Å²) in [6.45, 7) is 3.91. The lowest BCUT2D eigenvalue weighted by Gasteiger charge is -2.33. The van der Waals surface area contributed by atoms with Crippen LogP contribution >= 0.6 is 23.5 Å². The second-order valence-electron chi connectivity index (χ2n) is 6.14. The van der Waals surface area contributed by atoms with E-state index < -0.39 is 6.29 Å². The summed E-state index contributed by atoms with van der Waals surface area (Å²) in [6, 6.07) is 20.2. The van der Waals surface area contributed by atoms with Gasteiger partial charge in [0, 0.05) is 23.3 Å². The molecule has 0 aliphatic carbocycles. The first-order valence-electron chi connectivity index (χ1n) is 9.25. The van der Waals surface area contributed by atoms with Gasteiger partial charge in [0.25, 0.3) is 0 Å². The highest BCUT2D eigenvalue weighted by molar-refractivity contribution is 8.03. The van der Waals surface area contributed by atoms with Gasteiger partial charge in [0.1, 0.15) is 11.9 Å². The number of hydrogen-bond donors (Lipinski definition) is 0. The molecule has 2 atom stereocenters. The summed E-state index contributed by atoms with van der Waals surface area (Å²) in [7, 11) is 0. The number of ether oxygens (including phenoxy) is 3. The normalized spacial score (nSPS) is 19.2. The van der Waals surface area contributed by atoms with Gasteiger partial charge in [0.05, 0.1) is 17.1 Å². The van der Waals surface area contributed by atoms with Crippen molar-refractivity contribution in [3.8, 4) is 0 Å². The quantitative estimate of drug-likeness (QED) is 0.418. The summed E-state index contributed by atoms with van der Waals surface area (Å²) in [5.74, 6) is 1.14. The van der Waals surface area contributed by atoms with E-state index in [0.717, 1.165) is 20.5 Å². The zero-order chi connectivity index (χ0) is 19.8. The van der Waals surface area contributed by atoms with Crippen LogP contribution in [0.1, 0.15) is 20.3 Å². The monoisotopic (exact) mass is 416 g/mol. The van der Waals surface area contributed by atoms with Crippen molar-refractivity contribution in [1.82, 2.24) is 0 Å². The third-order valence-corrected chi connectivity index (χ3v) is 6.22. The van der Waals surface area contributed by atoms with Gasteiger partial charge in [-0.2, -0.15) is 0 Å². The Kier molecular flexibility index (Phi) is 7.89. The lowest BCUT2D eigenvalue weighted by molar-refractivity contribution is -0.161. The zero-order valence-electron chi connectivity index (χ0n) is 16.0. The molecular formula is C22H24O4S2. The Balaban J connectivity index is 1.88. The molecule has 1 aliphatic rings. The first kappa shape index (κ1) is 20.8. The molecule has 2 unspecified atom stereocenters. The van der Waals surface area contributed by atoms with Gasteiger partial charge in [0.15, 0.2) is 0 Å². The average molecular weight is 417 g/mol. The van der Waals surface area contributed by atoms with Crippen LogP contribution in [-0.2, 0) is 19.0 Å². The van der Waals surface area contributed by atoms with Crippen molar-refractivity contribution in [1.29, 1.82) is 0 Å². The van der Waals surface area contributed by atoms with E-state index >= 15 is 0 Å². The molecule has 6 heteroatoms. The van der Waals surface area contributed by atoms with Crippen molar-refractivity contribution >= 4 is 29.5 Å². The summed E-state index contributed by atoms with van der Waals surface area (Å²) >= 11 is 3.28. The molecule has 0 amide bonds. The summed E-state index contributed by atoms with van der Waals surface area (Å²) in [5, 5.41) is 0. The third kappa shape index (κ3) is 6.06. The predicted octanol–water partition coefficient (Wildman–Crippen LogP) is 5.50. The number of thioether (sulfide) groups is 2.